The molecule has 0 aromatic heterocycles. The number of unbranched alkanes of at least 4 members (excludes halogenated alkanes) is 4. The van der Waals surface area contributed by atoms with Crippen LogP contribution in [0.25, 0.3) is 0 Å². The fourth-order valence-electron chi connectivity index (χ4n) is 3.37. The van der Waals surface area contributed by atoms with Gasteiger partial charge < -0.3 is 5.11 Å². The Morgan fingerprint density at radius 3 is 2.55 bits per heavy atom. The summed E-state index contributed by atoms with van der Waals surface area (Å²) in [6.45, 7) is 2.21. The zero-order valence-corrected chi connectivity index (χ0v) is 12.5. The fraction of sp³-hybridized carbons (Fsp3) is 0.611. The van der Waals surface area contributed by atoms with Gasteiger partial charge in [0.2, 0.25) is 0 Å². The molecule has 1 N–H and O–H groups in total. The maximum atomic E-state index is 11.8. The molecule has 20 heavy (non-hydrogen) atoms. The van der Waals surface area contributed by atoms with Gasteiger partial charge in [0.25, 0.3) is 0 Å². The van der Waals surface area contributed by atoms with E-state index in [0.717, 1.165) is 25.7 Å². The lowest BCUT2D eigenvalue weighted by Gasteiger charge is -2.34. The summed E-state index contributed by atoms with van der Waals surface area (Å²) in [6.07, 6.45) is 9.22. The van der Waals surface area contributed by atoms with E-state index >= 15 is 0 Å². The number of carboxylic acids is 1. The smallest absolute Gasteiger partial charge is 0.309 e. The molecule has 0 fully saturated rings. The molecule has 1 atom stereocenters. The Hall–Kier alpha value is -1.31. The predicted octanol–water partition coefficient (Wildman–Crippen LogP) is 4.61. The largest absolute Gasteiger partial charge is 0.481 e. The van der Waals surface area contributed by atoms with Gasteiger partial charge in [-0.25, -0.2) is 0 Å². The van der Waals surface area contributed by atoms with E-state index in [-0.39, 0.29) is 0 Å². The summed E-state index contributed by atoms with van der Waals surface area (Å²) in [5, 5.41) is 9.72. The highest BCUT2D eigenvalue weighted by molar-refractivity contribution is 5.75. The number of carbonyl (C=O) groups is 1. The second-order valence-corrected chi connectivity index (χ2v) is 6.20. The van der Waals surface area contributed by atoms with Crippen molar-refractivity contribution in [1.29, 1.82) is 0 Å². The number of benzene rings is 1. The monoisotopic (exact) mass is 274 g/mol. The lowest BCUT2D eigenvalue weighted by Crippen LogP contribution is -2.37. The van der Waals surface area contributed by atoms with E-state index < -0.39 is 11.4 Å². The van der Waals surface area contributed by atoms with Crippen molar-refractivity contribution in [3.8, 4) is 0 Å². The van der Waals surface area contributed by atoms with Gasteiger partial charge in [-0.3, -0.25) is 4.79 Å². The molecule has 0 spiro atoms. The van der Waals surface area contributed by atoms with Gasteiger partial charge in [-0.15, -0.1) is 0 Å². The molecule has 2 nitrogen and oxygen atoms in total. The van der Waals surface area contributed by atoms with Gasteiger partial charge in [0, 0.05) is 0 Å². The Bertz CT molecular complexity index is 452. The SMILES string of the molecule is CCCCCCCC1(C(=O)O)CCc2ccccc2C1. The van der Waals surface area contributed by atoms with Crippen LogP contribution in [-0.4, -0.2) is 11.1 Å². The molecule has 0 saturated heterocycles. The van der Waals surface area contributed by atoms with Crippen molar-refractivity contribution in [2.45, 2.75) is 64.7 Å². The van der Waals surface area contributed by atoms with E-state index in [9.17, 15) is 9.90 Å². The quantitative estimate of drug-likeness (QED) is 0.737. The summed E-state index contributed by atoms with van der Waals surface area (Å²) in [4.78, 5) is 11.8. The topological polar surface area (TPSA) is 37.3 Å². The highest BCUT2D eigenvalue weighted by atomic mass is 16.4. The average molecular weight is 274 g/mol. The minimum absolute atomic E-state index is 0.513. The normalized spacial score (nSPS) is 21.4. The molecular weight excluding hydrogens is 248 g/mol. The maximum absolute atomic E-state index is 11.8. The first-order chi connectivity index (χ1) is 9.68. The summed E-state index contributed by atoms with van der Waals surface area (Å²) < 4.78 is 0. The summed E-state index contributed by atoms with van der Waals surface area (Å²) in [6, 6.07) is 8.32. The number of hydrogen-bond acceptors (Lipinski definition) is 1. The summed E-state index contributed by atoms with van der Waals surface area (Å²) in [7, 11) is 0. The molecule has 0 bridgehead atoms. The van der Waals surface area contributed by atoms with E-state index in [1.165, 1.54) is 36.8 Å². The van der Waals surface area contributed by atoms with Crippen molar-refractivity contribution in [1.82, 2.24) is 0 Å². The molecule has 0 amide bonds. The molecule has 110 valence electrons. The molecular formula is C18H26O2. The van der Waals surface area contributed by atoms with Crippen LogP contribution in [0.3, 0.4) is 0 Å². The van der Waals surface area contributed by atoms with E-state index in [0.29, 0.717) is 6.42 Å². The first-order valence-electron chi connectivity index (χ1n) is 7.98. The summed E-state index contributed by atoms with van der Waals surface area (Å²) >= 11 is 0. The number of carboxylic acid groups (broad SMARTS) is 1. The van der Waals surface area contributed by atoms with Crippen LogP contribution in [0.1, 0.15) is 63.0 Å². The zero-order chi connectivity index (χ0) is 14.4. The van der Waals surface area contributed by atoms with Crippen LogP contribution in [0.4, 0.5) is 0 Å². The third-order valence-electron chi connectivity index (χ3n) is 4.73. The first-order valence-corrected chi connectivity index (χ1v) is 7.98. The van der Waals surface area contributed by atoms with Gasteiger partial charge in [-0.2, -0.15) is 0 Å². The molecule has 1 aromatic rings. The second-order valence-electron chi connectivity index (χ2n) is 6.20. The van der Waals surface area contributed by atoms with Crippen molar-refractivity contribution in [2.24, 2.45) is 5.41 Å². The summed E-state index contributed by atoms with van der Waals surface area (Å²) in [5.74, 6) is -0.595. The van der Waals surface area contributed by atoms with Gasteiger partial charge in [-0.05, 0) is 36.8 Å². The third-order valence-corrected chi connectivity index (χ3v) is 4.73. The average Bonchev–Trinajstić information content (AvgIpc) is 2.46. The van der Waals surface area contributed by atoms with Crippen LogP contribution in [-0.2, 0) is 17.6 Å². The van der Waals surface area contributed by atoms with Crippen molar-refractivity contribution >= 4 is 5.97 Å². The number of hydrogen-bond donors (Lipinski definition) is 1. The van der Waals surface area contributed by atoms with Crippen LogP contribution in [0.15, 0.2) is 24.3 Å². The van der Waals surface area contributed by atoms with Crippen LogP contribution >= 0.6 is 0 Å². The van der Waals surface area contributed by atoms with Crippen molar-refractivity contribution in [2.75, 3.05) is 0 Å². The molecule has 1 aliphatic carbocycles. The lowest BCUT2D eigenvalue weighted by molar-refractivity contribution is -0.150. The second kappa shape index (κ2) is 6.92. The van der Waals surface area contributed by atoms with Crippen LogP contribution in [0, 0.1) is 5.41 Å². The van der Waals surface area contributed by atoms with Gasteiger partial charge in [0.15, 0.2) is 0 Å². The maximum Gasteiger partial charge on any atom is 0.309 e. The lowest BCUT2D eigenvalue weighted by atomic mass is 9.69. The van der Waals surface area contributed by atoms with Crippen molar-refractivity contribution in [3.05, 3.63) is 35.4 Å². The Morgan fingerprint density at radius 1 is 1.15 bits per heavy atom. The molecule has 1 aliphatic rings. The van der Waals surface area contributed by atoms with E-state index in [4.69, 9.17) is 0 Å². The highest BCUT2D eigenvalue weighted by Gasteiger charge is 2.40. The van der Waals surface area contributed by atoms with Crippen LogP contribution < -0.4 is 0 Å². The zero-order valence-electron chi connectivity index (χ0n) is 12.5. The molecule has 2 rings (SSSR count). The van der Waals surface area contributed by atoms with E-state index in [1.54, 1.807) is 0 Å². The Kier molecular flexibility index (Phi) is 5.22. The first kappa shape index (κ1) is 15.1. The number of aliphatic carboxylic acids is 1. The minimum Gasteiger partial charge on any atom is -0.481 e. The summed E-state index contributed by atoms with van der Waals surface area (Å²) in [5.41, 5.74) is 2.07. The molecule has 1 unspecified atom stereocenters. The number of rotatable bonds is 7. The van der Waals surface area contributed by atoms with Crippen molar-refractivity contribution in [3.63, 3.8) is 0 Å². The Balaban J connectivity index is 1.99. The van der Waals surface area contributed by atoms with Gasteiger partial charge >= 0.3 is 5.97 Å². The fourth-order valence-corrected chi connectivity index (χ4v) is 3.37. The van der Waals surface area contributed by atoms with Crippen LogP contribution in [0.5, 0.6) is 0 Å². The van der Waals surface area contributed by atoms with Crippen LogP contribution in [0.2, 0.25) is 0 Å². The molecule has 0 saturated carbocycles. The molecule has 0 aliphatic heterocycles. The van der Waals surface area contributed by atoms with Gasteiger partial charge in [-0.1, -0.05) is 63.3 Å². The molecule has 1 aromatic carbocycles. The number of fused-ring (bicyclic) bond motifs is 1. The Labute approximate surface area is 122 Å². The Morgan fingerprint density at radius 2 is 1.85 bits per heavy atom. The third kappa shape index (κ3) is 3.41. The molecule has 0 heterocycles. The van der Waals surface area contributed by atoms with Gasteiger partial charge in [0.1, 0.15) is 0 Å². The molecule has 0 radical (unpaired) electrons. The number of aryl methyl sites for hydroxylation is 1. The highest BCUT2D eigenvalue weighted by Crippen LogP contribution is 2.40. The van der Waals surface area contributed by atoms with Crippen molar-refractivity contribution < 1.29 is 9.90 Å². The van der Waals surface area contributed by atoms with Gasteiger partial charge in [0.05, 0.1) is 5.41 Å². The standard InChI is InChI=1S/C18H26O2/c1-2-3-4-5-8-12-18(17(19)20)13-11-15-9-6-7-10-16(15)14-18/h6-7,9-10H,2-5,8,11-14H2,1H3,(H,19,20). The predicted molar refractivity (Wildman–Crippen MR) is 81.9 cm³/mol. The minimum atomic E-state index is -0.595. The van der Waals surface area contributed by atoms with E-state index in [1.807, 2.05) is 6.07 Å². The molecule has 2 heteroatoms. The van der Waals surface area contributed by atoms with E-state index in [2.05, 4.69) is 25.1 Å².